The zero-order valence-corrected chi connectivity index (χ0v) is 41.7. The van der Waals surface area contributed by atoms with E-state index < -0.39 is 6.10 Å². The van der Waals surface area contributed by atoms with Crippen LogP contribution in [-0.4, -0.2) is 37.2 Å². The Morgan fingerprint density at radius 3 is 0.823 bits per heavy atom. The maximum Gasteiger partial charge on any atom is 0.306 e. The number of allylic oxidation sites excluding steroid dienone is 4. The molecule has 62 heavy (non-hydrogen) atoms. The van der Waals surface area contributed by atoms with Crippen molar-refractivity contribution in [2.45, 2.75) is 303 Å². The van der Waals surface area contributed by atoms with Crippen LogP contribution >= 0.6 is 0 Å². The lowest BCUT2D eigenvalue weighted by Gasteiger charge is -2.18. The molecule has 0 aromatic carbocycles. The van der Waals surface area contributed by atoms with Gasteiger partial charge in [-0.1, -0.05) is 231 Å². The van der Waals surface area contributed by atoms with Crippen molar-refractivity contribution in [3.8, 4) is 0 Å². The molecular weight excluding hydrogens is 769 g/mol. The van der Waals surface area contributed by atoms with Crippen LogP contribution in [0.25, 0.3) is 0 Å². The zero-order chi connectivity index (χ0) is 45.1. The molecule has 0 fully saturated rings. The van der Waals surface area contributed by atoms with Gasteiger partial charge < -0.3 is 14.2 Å². The summed E-state index contributed by atoms with van der Waals surface area (Å²) in [6.07, 6.45) is 59.0. The van der Waals surface area contributed by atoms with E-state index in [4.69, 9.17) is 14.2 Å². The van der Waals surface area contributed by atoms with Gasteiger partial charge in [0.05, 0.1) is 0 Å². The van der Waals surface area contributed by atoms with Crippen LogP contribution in [0.4, 0.5) is 0 Å². The van der Waals surface area contributed by atoms with E-state index in [-0.39, 0.29) is 31.1 Å². The largest absolute Gasteiger partial charge is 0.462 e. The molecule has 6 nitrogen and oxygen atoms in total. The number of hydrogen-bond donors (Lipinski definition) is 0. The number of hydrogen-bond acceptors (Lipinski definition) is 6. The van der Waals surface area contributed by atoms with Crippen molar-refractivity contribution >= 4 is 17.9 Å². The summed E-state index contributed by atoms with van der Waals surface area (Å²) in [5, 5.41) is 0. The molecule has 0 aliphatic rings. The van der Waals surface area contributed by atoms with E-state index in [1.165, 1.54) is 193 Å². The summed E-state index contributed by atoms with van der Waals surface area (Å²) in [6.45, 7) is 6.61. The number of carbonyl (C=O) groups excluding carboxylic acids is 3. The highest BCUT2D eigenvalue weighted by Crippen LogP contribution is 2.16. The average molecular weight is 873 g/mol. The molecule has 0 saturated carbocycles. The van der Waals surface area contributed by atoms with E-state index in [2.05, 4.69) is 45.1 Å². The molecule has 0 saturated heterocycles. The molecule has 1 atom stereocenters. The highest BCUT2D eigenvalue weighted by Gasteiger charge is 2.19. The Labute approximate surface area is 385 Å². The van der Waals surface area contributed by atoms with Crippen molar-refractivity contribution in [2.24, 2.45) is 0 Å². The lowest BCUT2D eigenvalue weighted by atomic mass is 10.0. The van der Waals surface area contributed by atoms with Crippen molar-refractivity contribution in [3.05, 3.63) is 24.3 Å². The Morgan fingerprint density at radius 1 is 0.306 bits per heavy atom. The van der Waals surface area contributed by atoms with E-state index in [0.29, 0.717) is 19.3 Å². The van der Waals surface area contributed by atoms with Gasteiger partial charge in [0.2, 0.25) is 0 Å². The number of ether oxygens (including phenoxy) is 3. The number of esters is 3. The van der Waals surface area contributed by atoms with Gasteiger partial charge in [-0.15, -0.1) is 0 Å². The third-order valence-electron chi connectivity index (χ3n) is 12.2. The van der Waals surface area contributed by atoms with Crippen LogP contribution in [0.15, 0.2) is 24.3 Å². The molecule has 0 heterocycles. The van der Waals surface area contributed by atoms with E-state index in [0.717, 1.165) is 64.2 Å². The molecule has 0 aliphatic carbocycles. The molecule has 364 valence electrons. The van der Waals surface area contributed by atoms with Gasteiger partial charge in [0.25, 0.3) is 0 Å². The quantitative estimate of drug-likeness (QED) is 0.0262. The fourth-order valence-corrected chi connectivity index (χ4v) is 8.02. The fraction of sp³-hybridized carbons (Fsp3) is 0.875. The molecule has 0 aromatic heterocycles. The van der Waals surface area contributed by atoms with E-state index >= 15 is 0 Å². The van der Waals surface area contributed by atoms with Gasteiger partial charge in [-0.2, -0.15) is 0 Å². The fourth-order valence-electron chi connectivity index (χ4n) is 8.02. The van der Waals surface area contributed by atoms with Gasteiger partial charge in [-0.05, 0) is 70.6 Å². The normalized spacial score (nSPS) is 12.1. The van der Waals surface area contributed by atoms with Crippen LogP contribution in [0.1, 0.15) is 297 Å². The van der Waals surface area contributed by atoms with Crippen molar-refractivity contribution in [1.29, 1.82) is 0 Å². The van der Waals surface area contributed by atoms with Crippen LogP contribution in [-0.2, 0) is 28.6 Å². The lowest BCUT2D eigenvalue weighted by molar-refractivity contribution is -0.167. The van der Waals surface area contributed by atoms with Crippen LogP contribution in [0.5, 0.6) is 0 Å². The summed E-state index contributed by atoms with van der Waals surface area (Å²) < 4.78 is 16.8. The first-order chi connectivity index (χ1) is 30.5. The van der Waals surface area contributed by atoms with Crippen molar-refractivity contribution in [1.82, 2.24) is 0 Å². The van der Waals surface area contributed by atoms with Crippen LogP contribution in [0.3, 0.4) is 0 Å². The molecule has 0 radical (unpaired) electrons. The molecule has 0 spiro atoms. The molecule has 0 bridgehead atoms. The first kappa shape index (κ1) is 59.9. The van der Waals surface area contributed by atoms with E-state index in [1.54, 1.807) is 0 Å². The van der Waals surface area contributed by atoms with Crippen molar-refractivity contribution in [2.75, 3.05) is 13.2 Å². The summed E-state index contributed by atoms with van der Waals surface area (Å²) in [5.74, 6) is -0.873. The topological polar surface area (TPSA) is 78.9 Å². The Hall–Kier alpha value is -2.11. The smallest absolute Gasteiger partial charge is 0.306 e. The summed E-state index contributed by atoms with van der Waals surface area (Å²) in [6, 6.07) is 0. The Kier molecular flexibility index (Phi) is 49.8. The number of carbonyl (C=O) groups is 3. The van der Waals surface area contributed by atoms with Crippen LogP contribution < -0.4 is 0 Å². The van der Waals surface area contributed by atoms with Gasteiger partial charge in [0, 0.05) is 19.3 Å². The predicted molar refractivity (Wildman–Crippen MR) is 266 cm³/mol. The van der Waals surface area contributed by atoms with E-state index in [9.17, 15) is 14.4 Å². The minimum atomic E-state index is -0.770. The van der Waals surface area contributed by atoms with E-state index in [1.807, 2.05) is 0 Å². The molecule has 0 amide bonds. The molecule has 6 heteroatoms. The molecule has 1 unspecified atom stereocenters. The standard InChI is InChI=1S/C56H104O6/c1-4-7-10-13-16-19-21-23-24-25-26-27-28-29-30-31-32-34-35-37-40-43-46-49-55(58)61-52-53(51-60-54(57)48-45-42-39-18-15-12-9-6-3)62-56(59)50-47-44-41-38-36-33-22-20-17-14-11-8-5-2/h20,22,25-26,53H,4-19,21,23-24,27-52H2,1-3H3/b22-20-,26-25-. The van der Waals surface area contributed by atoms with Gasteiger partial charge >= 0.3 is 17.9 Å². The third-order valence-corrected chi connectivity index (χ3v) is 12.2. The second kappa shape index (κ2) is 51.5. The summed E-state index contributed by atoms with van der Waals surface area (Å²) in [4.78, 5) is 37.9. The van der Waals surface area contributed by atoms with Crippen LogP contribution in [0, 0.1) is 0 Å². The van der Waals surface area contributed by atoms with Gasteiger partial charge in [0.1, 0.15) is 13.2 Å². The summed E-state index contributed by atoms with van der Waals surface area (Å²) in [7, 11) is 0. The first-order valence-corrected chi connectivity index (χ1v) is 27.3. The first-order valence-electron chi connectivity index (χ1n) is 27.3. The second-order valence-corrected chi connectivity index (χ2v) is 18.5. The van der Waals surface area contributed by atoms with Gasteiger partial charge in [-0.25, -0.2) is 0 Å². The highest BCUT2D eigenvalue weighted by atomic mass is 16.6. The maximum atomic E-state index is 12.8. The third kappa shape index (κ3) is 48.9. The average Bonchev–Trinajstić information content (AvgIpc) is 3.27. The van der Waals surface area contributed by atoms with Gasteiger partial charge in [-0.3, -0.25) is 14.4 Å². The van der Waals surface area contributed by atoms with Crippen LogP contribution in [0.2, 0.25) is 0 Å². The molecule has 0 aliphatic heterocycles. The van der Waals surface area contributed by atoms with Crippen molar-refractivity contribution < 1.29 is 28.6 Å². The number of rotatable bonds is 50. The zero-order valence-electron chi connectivity index (χ0n) is 41.7. The lowest BCUT2D eigenvalue weighted by Crippen LogP contribution is -2.30. The summed E-state index contributed by atoms with van der Waals surface area (Å²) in [5.41, 5.74) is 0. The molecule has 0 aromatic rings. The monoisotopic (exact) mass is 873 g/mol. The minimum absolute atomic E-state index is 0.0716. The Balaban J connectivity index is 4.16. The molecular formula is C56H104O6. The Morgan fingerprint density at radius 2 is 0.532 bits per heavy atom. The Bertz CT molecular complexity index is 1000. The maximum absolute atomic E-state index is 12.8. The summed E-state index contributed by atoms with van der Waals surface area (Å²) >= 11 is 0. The predicted octanol–water partition coefficient (Wildman–Crippen LogP) is 17.9. The van der Waals surface area contributed by atoms with Crippen molar-refractivity contribution in [3.63, 3.8) is 0 Å². The molecule has 0 N–H and O–H groups in total. The second-order valence-electron chi connectivity index (χ2n) is 18.5. The number of unbranched alkanes of at least 4 members (excludes halogenated alkanes) is 35. The molecule has 0 rings (SSSR count). The minimum Gasteiger partial charge on any atom is -0.462 e. The SMILES string of the molecule is CCCCCC/C=C\CCCCCCCC(=O)OC(COC(=O)CCCCCCCCCC)COC(=O)CCCCCCCCCCCCC/C=C\CCCCCCCCCC. The van der Waals surface area contributed by atoms with Gasteiger partial charge in [0.15, 0.2) is 6.10 Å². The highest BCUT2D eigenvalue weighted by molar-refractivity contribution is 5.71.